The molecule has 1 unspecified atom stereocenters. The highest BCUT2D eigenvalue weighted by Gasteiger charge is 2.44. The van der Waals surface area contributed by atoms with Crippen molar-refractivity contribution in [1.82, 2.24) is 0 Å². The monoisotopic (exact) mass is 295 g/mol. The Hall–Kier alpha value is 0.110. The van der Waals surface area contributed by atoms with E-state index in [1.165, 1.54) is 0 Å². The van der Waals surface area contributed by atoms with Gasteiger partial charge in [0.05, 0.1) is 6.10 Å². The molecule has 6 nitrogen and oxygen atoms in total. The van der Waals surface area contributed by atoms with Crippen molar-refractivity contribution in [3.05, 3.63) is 0 Å². The van der Waals surface area contributed by atoms with Gasteiger partial charge in [0.15, 0.2) is 0 Å². The van der Waals surface area contributed by atoms with Crippen LogP contribution in [-0.2, 0) is 4.74 Å². The van der Waals surface area contributed by atoms with Crippen LogP contribution in [0, 0.1) is 0 Å². The Morgan fingerprint density at radius 2 is 1.63 bits per heavy atom. The third kappa shape index (κ3) is 4.86. The standard InChI is InChI=1S/C12H25NO5S/c13-6-4-2-1-3-5-7(14)11-9(16)8(15)10(17)12(19)18-11/h7-12,14-17,19H,1-6,13H2/t7?,8-,9+,10+,11+,12-/m0/s1. The first-order valence-corrected chi connectivity index (χ1v) is 7.26. The van der Waals surface area contributed by atoms with Crippen molar-refractivity contribution < 1.29 is 25.2 Å². The van der Waals surface area contributed by atoms with Gasteiger partial charge >= 0.3 is 0 Å². The zero-order valence-electron chi connectivity index (χ0n) is 10.9. The third-order valence-electron chi connectivity index (χ3n) is 3.46. The lowest BCUT2D eigenvalue weighted by Gasteiger charge is -2.40. The number of thiol groups is 1. The van der Waals surface area contributed by atoms with Gasteiger partial charge in [0, 0.05) is 0 Å². The molecule has 0 aromatic heterocycles. The van der Waals surface area contributed by atoms with E-state index in [-0.39, 0.29) is 0 Å². The van der Waals surface area contributed by atoms with E-state index < -0.39 is 36.0 Å². The van der Waals surface area contributed by atoms with Gasteiger partial charge in [-0.05, 0) is 19.4 Å². The molecule has 0 bridgehead atoms. The van der Waals surface area contributed by atoms with Gasteiger partial charge in [0.1, 0.15) is 29.9 Å². The van der Waals surface area contributed by atoms with Crippen molar-refractivity contribution in [2.45, 2.75) is 68.1 Å². The molecule has 7 heteroatoms. The molecule has 1 aliphatic heterocycles. The average molecular weight is 295 g/mol. The quantitative estimate of drug-likeness (QED) is 0.265. The molecule has 1 heterocycles. The Morgan fingerprint density at radius 1 is 1.00 bits per heavy atom. The van der Waals surface area contributed by atoms with Crippen LogP contribution in [0.25, 0.3) is 0 Å². The Kier molecular flexibility index (Phi) is 7.60. The molecule has 1 aliphatic rings. The minimum atomic E-state index is -1.35. The summed E-state index contributed by atoms with van der Waals surface area (Å²) in [6, 6.07) is 0. The molecule has 0 aromatic rings. The first kappa shape index (κ1) is 17.2. The minimum absolute atomic E-state index is 0.468. The molecule has 19 heavy (non-hydrogen) atoms. The Morgan fingerprint density at radius 3 is 2.26 bits per heavy atom. The summed E-state index contributed by atoms with van der Waals surface area (Å²) in [5.41, 5.74) is 4.48. The van der Waals surface area contributed by atoms with E-state index in [9.17, 15) is 20.4 Å². The molecule has 6 N–H and O–H groups in total. The highest BCUT2D eigenvalue weighted by molar-refractivity contribution is 7.80. The normalized spacial score (nSPS) is 37.3. The molecule has 6 atom stereocenters. The number of nitrogens with two attached hydrogens (primary N) is 1. The van der Waals surface area contributed by atoms with E-state index in [0.29, 0.717) is 13.0 Å². The molecule has 0 radical (unpaired) electrons. The zero-order chi connectivity index (χ0) is 14.4. The van der Waals surface area contributed by atoms with E-state index in [4.69, 9.17) is 10.5 Å². The predicted molar refractivity (Wildman–Crippen MR) is 73.8 cm³/mol. The van der Waals surface area contributed by atoms with Gasteiger partial charge in [-0.3, -0.25) is 0 Å². The van der Waals surface area contributed by atoms with Crippen molar-refractivity contribution in [2.75, 3.05) is 6.54 Å². The lowest BCUT2D eigenvalue weighted by Crippen LogP contribution is -2.59. The van der Waals surface area contributed by atoms with Crippen LogP contribution in [0.15, 0.2) is 0 Å². The van der Waals surface area contributed by atoms with Crippen LogP contribution in [0.1, 0.15) is 32.1 Å². The van der Waals surface area contributed by atoms with Crippen molar-refractivity contribution in [3.8, 4) is 0 Å². The second-order valence-electron chi connectivity index (χ2n) is 5.02. The van der Waals surface area contributed by atoms with Gasteiger partial charge < -0.3 is 30.9 Å². The Labute approximate surface area is 119 Å². The lowest BCUT2D eigenvalue weighted by atomic mass is 9.93. The maximum Gasteiger partial charge on any atom is 0.129 e. The summed E-state index contributed by atoms with van der Waals surface area (Å²) in [6.45, 7) is 0.665. The summed E-state index contributed by atoms with van der Waals surface area (Å²) in [5, 5.41) is 38.9. The average Bonchev–Trinajstić information content (AvgIpc) is 2.40. The van der Waals surface area contributed by atoms with Gasteiger partial charge in [0.2, 0.25) is 0 Å². The number of hydrogen-bond donors (Lipinski definition) is 6. The van der Waals surface area contributed by atoms with Crippen molar-refractivity contribution in [3.63, 3.8) is 0 Å². The van der Waals surface area contributed by atoms with Crippen molar-refractivity contribution in [2.24, 2.45) is 5.73 Å². The number of unbranched alkanes of at least 4 members (excludes halogenated alkanes) is 3. The number of aliphatic hydroxyl groups is 4. The van der Waals surface area contributed by atoms with Crippen LogP contribution in [0.5, 0.6) is 0 Å². The summed E-state index contributed by atoms with van der Waals surface area (Å²) in [4.78, 5) is 0. The van der Waals surface area contributed by atoms with Crippen LogP contribution in [0.3, 0.4) is 0 Å². The summed E-state index contributed by atoms with van der Waals surface area (Å²) in [7, 11) is 0. The smallest absolute Gasteiger partial charge is 0.129 e. The van der Waals surface area contributed by atoms with Crippen LogP contribution < -0.4 is 5.73 Å². The van der Waals surface area contributed by atoms with Crippen molar-refractivity contribution in [1.29, 1.82) is 0 Å². The Bertz CT molecular complexity index is 258. The number of rotatable bonds is 7. The highest BCUT2D eigenvalue weighted by Crippen LogP contribution is 2.26. The van der Waals surface area contributed by atoms with Crippen molar-refractivity contribution >= 4 is 12.6 Å². The molecule has 0 aliphatic carbocycles. The fraction of sp³-hybridized carbons (Fsp3) is 1.00. The molecule has 0 aromatic carbocycles. The fourth-order valence-electron chi connectivity index (χ4n) is 2.22. The first-order chi connectivity index (χ1) is 8.99. The van der Waals surface area contributed by atoms with E-state index in [1.807, 2.05) is 0 Å². The molecule has 1 rings (SSSR count). The molecular weight excluding hydrogens is 270 g/mol. The van der Waals surface area contributed by atoms with E-state index in [1.54, 1.807) is 0 Å². The molecule has 0 saturated carbocycles. The third-order valence-corrected chi connectivity index (χ3v) is 3.89. The minimum Gasteiger partial charge on any atom is -0.390 e. The highest BCUT2D eigenvalue weighted by atomic mass is 32.1. The van der Waals surface area contributed by atoms with Gasteiger partial charge in [-0.15, -0.1) is 12.6 Å². The molecule has 1 fully saturated rings. The van der Waals surface area contributed by atoms with Gasteiger partial charge in [0.25, 0.3) is 0 Å². The number of aliphatic hydroxyl groups excluding tert-OH is 4. The largest absolute Gasteiger partial charge is 0.390 e. The maximum atomic E-state index is 9.99. The Balaban J connectivity index is 2.36. The number of hydrogen-bond acceptors (Lipinski definition) is 7. The zero-order valence-corrected chi connectivity index (χ0v) is 11.8. The molecule has 0 spiro atoms. The summed E-state index contributed by atoms with van der Waals surface area (Å²) >= 11 is 3.98. The predicted octanol–water partition coefficient (Wildman–Crippen LogP) is -1.01. The molecule has 1 saturated heterocycles. The van der Waals surface area contributed by atoms with Gasteiger partial charge in [-0.2, -0.15) is 0 Å². The van der Waals surface area contributed by atoms with Crippen LogP contribution in [-0.4, -0.2) is 62.9 Å². The summed E-state index contributed by atoms with van der Waals surface area (Å²) < 4.78 is 5.26. The molecule has 114 valence electrons. The SMILES string of the molecule is NCCCCCCC(O)[C@H]1O[C@@H](S)[C@H](O)[C@@H](O)[C@H]1O. The topological polar surface area (TPSA) is 116 Å². The second kappa shape index (κ2) is 8.41. The van der Waals surface area contributed by atoms with Gasteiger partial charge in [-0.25, -0.2) is 0 Å². The summed E-state index contributed by atoms with van der Waals surface area (Å²) in [6.07, 6.45) is -1.54. The first-order valence-electron chi connectivity index (χ1n) is 6.75. The fourth-order valence-corrected chi connectivity index (χ4v) is 2.54. The van der Waals surface area contributed by atoms with E-state index in [2.05, 4.69) is 12.6 Å². The van der Waals surface area contributed by atoms with Gasteiger partial charge in [-0.1, -0.05) is 19.3 Å². The maximum absolute atomic E-state index is 9.99. The molecular formula is C12H25NO5S. The molecule has 0 amide bonds. The van der Waals surface area contributed by atoms with E-state index >= 15 is 0 Å². The van der Waals surface area contributed by atoms with Crippen LogP contribution in [0.4, 0.5) is 0 Å². The summed E-state index contributed by atoms with van der Waals surface area (Å²) in [5.74, 6) is 0. The lowest BCUT2D eigenvalue weighted by molar-refractivity contribution is -0.221. The number of ether oxygens (including phenoxy) is 1. The van der Waals surface area contributed by atoms with E-state index in [0.717, 1.165) is 25.7 Å². The second-order valence-corrected chi connectivity index (χ2v) is 5.53. The van der Waals surface area contributed by atoms with Crippen LogP contribution in [0.2, 0.25) is 0 Å². The van der Waals surface area contributed by atoms with Crippen LogP contribution >= 0.6 is 12.6 Å².